The maximum atomic E-state index is 2.22. The predicted molar refractivity (Wildman–Crippen MR) is 56.1 cm³/mol. The van der Waals surface area contributed by atoms with Crippen LogP contribution in [0, 0.1) is 0 Å². The van der Waals surface area contributed by atoms with E-state index in [2.05, 4.69) is 24.3 Å². The van der Waals surface area contributed by atoms with Gasteiger partial charge in [0.1, 0.15) is 0 Å². The molecule has 54 valence electrons. The summed E-state index contributed by atoms with van der Waals surface area (Å²) in [7, 11) is 4.00. The van der Waals surface area contributed by atoms with Crippen molar-refractivity contribution in [3.63, 3.8) is 0 Å². The molecule has 2 unspecified atom stereocenters. The van der Waals surface area contributed by atoms with Crippen molar-refractivity contribution in [2.24, 2.45) is 0 Å². The molecule has 0 heterocycles. The van der Waals surface area contributed by atoms with Crippen LogP contribution in [-0.4, -0.2) is 0 Å². The zero-order chi connectivity index (χ0) is 7.40. The highest BCUT2D eigenvalue weighted by Crippen LogP contribution is 2.09. The average molecular weight is 172 g/mol. The Balaban J connectivity index is 2.80. The summed E-state index contributed by atoms with van der Waals surface area (Å²) in [4.78, 5) is 0. The summed E-state index contributed by atoms with van der Waals surface area (Å²) in [5.74, 6) is 0. The Morgan fingerprint density at radius 3 is 1.30 bits per heavy atom. The third-order valence-corrected chi connectivity index (χ3v) is 2.76. The van der Waals surface area contributed by atoms with E-state index in [4.69, 9.17) is 0 Å². The van der Waals surface area contributed by atoms with Gasteiger partial charge in [-0.3, -0.25) is 0 Å². The second kappa shape index (κ2) is 4.06. The van der Waals surface area contributed by atoms with Crippen LogP contribution >= 0.6 is 18.5 Å². The summed E-state index contributed by atoms with van der Waals surface area (Å²) < 4.78 is 0. The zero-order valence-electron chi connectivity index (χ0n) is 6.14. The highest BCUT2D eigenvalue weighted by Gasteiger charge is 1.92. The van der Waals surface area contributed by atoms with Crippen LogP contribution < -0.4 is 0 Å². The van der Waals surface area contributed by atoms with Crippen molar-refractivity contribution in [3.8, 4) is 0 Å². The van der Waals surface area contributed by atoms with Crippen LogP contribution in [0.15, 0.2) is 24.3 Å². The van der Waals surface area contributed by atoms with E-state index < -0.39 is 0 Å². The van der Waals surface area contributed by atoms with Gasteiger partial charge >= 0.3 is 0 Å². The molecule has 0 N–H and O–H groups in total. The third kappa shape index (κ3) is 2.04. The van der Waals surface area contributed by atoms with Gasteiger partial charge in [0.15, 0.2) is 0 Å². The first-order chi connectivity index (χ1) is 4.86. The largest absolute Gasteiger partial charge is 0.0774 e. The van der Waals surface area contributed by atoms with Crippen molar-refractivity contribution in [2.45, 2.75) is 12.3 Å². The molecule has 2 heteroatoms. The Hall–Kier alpha value is 0.0800. The predicted octanol–water partition coefficient (Wildman–Crippen LogP) is 1.90. The summed E-state index contributed by atoms with van der Waals surface area (Å²) in [5, 5.41) is 0. The van der Waals surface area contributed by atoms with Crippen molar-refractivity contribution in [1.82, 2.24) is 0 Å². The molecule has 2 atom stereocenters. The molecule has 1 rings (SSSR count). The summed E-state index contributed by atoms with van der Waals surface area (Å²) in [5.41, 5.74) is 2.89. The van der Waals surface area contributed by atoms with Gasteiger partial charge in [-0.1, -0.05) is 24.3 Å². The van der Waals surface area contributed by atoms with Crippen LogP contribution in [0.25, 0.3) is 0 Å². The summed E-state index contributed by atoms with van der Waals surface area (Å²) >= 11 is 0. The topological polar surface area (TPSA) is 0 Å². The fourth-order valence-electron chi connectivity index (χ4n) is 0.873. The van der Waals surface area contributed by atoms with Gasteiger partial charge in [-0.15, -0.1) is 0 Å². The van der Waals surface area contributed by atoms with Gasteiger partial charge in [0.25, 0.3) is 0 Å². The lowest BCUT2D eigenvalue weighted by atomic mass is 10.2. The Morgan fingerprint density at radius 2 is 1.10 bits per heavy atom. The highest BCUT2D eigenvalue weighted by atomic mass is 31.0. The van der Waals surface area contributed by atoms with Crippen LogP contribution in [0.5, 0.6) is 0 Å². The van der Waals surface area contributed by atoms with Crippen molar-refractivity contribution in [1.29, 1.82) is 0 Å². The summed E-state index contributed by atoms with van der Waals surface area (Å²) in [6, 6.07) is 8.87. The third-order valence-electron chi connectivity index (χ3n) is 1.60. The second-order valence-electron chi connectivity index (χ2n) is 2.32. The van der Waals surface area contributed by atoms with Crippen LogP contribution in [0.3, 0.4) is 0 Å². The molecule has 0 saturated heterocycles. The summed E-state index contributed by atoms with van der Waals surface area (Å²) in [6.07, 6.45) is 2.35. The Bertz CT molecular complexity index is 168. The molecule has 0 spiro atoms. The monoisotopic (exact) mass is 172 g/mol. The molecule has 0 saturated carbocycles. The van der Waals surface area contributed by atoms with E-state index in [9.17, 15) is 0 Å². The smallest absolute Gasteiger partial charge is 0.0550 e. The molecule has 0 aromatic heterocycles. The normalized spacial score (nSPS) is 10.4. The quantitative estimate of drug-likeness (QED) is 0.597. The minimum absolute atomic E-state index is 1.17. The van der Waals surface area contributed by atoms with Crippen LogP contribution in [0.4, 0.5) is 0 Å². The Kier molecular flexibility index (Phi) is 3.32. The standard InChI is InChI=1S/C8H12P2/c9-5-7-1-2-8(6-10)4-3-7/h1-4H,5-6,9-10H2/p+2. The minimum atomic E-state index is 1.17. The first-order valence-electron chi connectivity index (χ1n) is 3.53. The van der Waals surface area contributed by atoms with E-state index >= 15 is 0 Å². The van der Waals surface area contributed by atoms with Gasteiger partial charge in [0, 0.05) is 0 Å². The van der Waals surface area contributed by atoms with E-state index in [1.54, 1.807) is 0 Å². The van der Waals surface area contributed by atoms with Gasteiger partial charge in [-0.25, -0.2) is 0 Å². The van der Waals surface area contributed by atoms with E-state index in [0.717, 1.165) is 0 Å². The van der Waals surface area contributed by atoms with Gasteiger partial charge in [0.05, 0.1) is 12.3 Å². The average Bonchev–Trinajstić information content (AvgIpc) is 2.05. The molecule has 0 nitrogen and oxygen atoms in total. The van der Waals surface area contributed by atoms with Crippen molar-refractivity contribution >= 4 is 18.5 Å². The maximum absolute atomic E-state index is 2.22. The maximum Gasteiger partial charge on any atom is 0.0774 e. The van der Waals surface area contributed by atoms with Crippen molar-refractivity contribution < 1.29 is 0 Å². The fraction of sp³-hybridized carbons (Fsp3) is 0.250. The zero-order valence-corrected chi connectivity index (χ0v) is 8.97. The van der Waals surface area contributed by atoms with Gasteiger partial charge in [-0.2, -0.15) is 0 Å². The molecular formula is C8H14P2+2. The lowest BCUT2D eigenvalue weighted by Gasteiger charge is -1.93. The highest BCUT2D eigenvalue weighted by molar-refractivity contribution is 7.15. The van der Waals surface area contributed by atoms with Crippen molar-refractivity contribution in [2.75, 3.05) is 0 Å². The van der Waals surface area contributed by atoms with Crippen LogP contribution in [0.1, 0.15) is 11.1 Å². The number of hydrogen-bond donors (Lipinski definition) is 0. The van der Waals surface area contributed by atoms with Crippen molar-refractivity contribution in [3.05, 3.63) is 35.4 Å². The van der Waals surface area contributed by atoms with Gasteiger partial charge < -0.3 is 0 Å². The molecule has 0 radical (unpaired) electrons. The van der Waals surface area contributed by atoms with E-state index in [-0.39, 0.29) is 0 Å². The second-order valence-corrected chi connectivity index (χ2v) is 3.32. The summed E-state index contributed by atoms with van der Waals surface area (Å²) in [6.45, 7) is 0. The molecule has 0 aliphatic rings. The molecule has 1 aromatic carbocycles. The number of rotatable bonds is 2. The molecule has 0 fully saturated rings. The van der Waals surface area contributed by atoms with E-state index in [1.807, 2.05) is 18.5 Å². The lowest BCUT2D eigenvalue weighted by Crippen LogP contribution is -1.78. The number of benzene rings is 1. The van der Waals surface area contributed by atoms with E-state index in [0.29, 0.717) is 0 Å². The number of hydrogen-bond acceptors (Lipinski definition) is 0. The molecule has 1 aromatic rings. The fourth-order valence-corrected chi connectivity index (χ4v) is 1.54. The molecule has 0 aliphatic carbocycles. The SMILES string of the molecule is [PH3+]Cc1ccc(C[PH3+])cc1. The molecule has 0 bridgehead atoms. The first-order valence-corrected chi connectivity index (χ1v) is 5.53. The molecular weight excluding hydrogens is 158 g/mol. The Labute approximate surface area is 66.8 Å². The first kappa shape index (κ1) is 8.18. The molecule has 0 amide bonds. The van der Waals surface area contributed by atoms with Gasteiger partial charge in [-0.05, 0) is 29.6 Å². The Morgan fingerprint density at radius 1 is 0.800 bits per heavy atom. The molecule has 10 heavy (non-hydrogen) atoms. The van der Waals surface area contributed by atoms with Crippen LogP contribution in [0.2, 0.25) is 0 Å². The van der Waals surface area contributed by atoms with E-state index in [1.165, 1.54) is 23.5 Å². The minimum Gasteiger partial charge on any atom is -0.0550 e. The van der Waals surface area contributed by atoms with Crippen LogP contribution in [-0.2, 0) is 12.3 Å². The molecule has 0 aliphatic heterocycles. The lowest BCUT2D eigenvalue weighted by molar-refractivity contribution is 1.35. The van der Waals surface area contributed by atoms with Gasteiger partial charge in [0.2, 0.25) is 0 Å².